The van der Waals surface area contributed by atoms with Gasteiger partial charge in [-0.2, -0.15) is 0 Å². The first kappa shape index (κ1) is 45.1. The van der Waals surface area contributed by atoms with E-state index in [0.717, 1.165) is 36.9 Å². The SMILES string of the molecule is CC(C)(C)[Si](C)(OCCCC(c1nc2ccccc2s1)C1(C(CCO[Si](C)(C(C)(C)C)C(C)(C)C)c2nc3ccccc3s2)c2ccccc2-c2ccccc21)C(C)(C)C. The van der Waals surface area contributed by atoms with Crippen LogP contribution in [-0.4, -0.2) is 39.8 Å². The first-order chi connectivity index (χ1) is 28.0. The predicted octanol–water partition coefficient (Wildman–Crippen LogP) is 16.3. The fourth-order valence-electron chi connectivity index (χ4n) is 10.5. The maximum absolute atomic E-state index is 7.49. The molecule has 0 saturated heterocycles. The van der Waals surface area contributed by atoms with E-state index in [1.54, 1.807) is 0 Å². The second kappa shape index (κ2) is 16.3. The smallest absolute Gasteiger partial charge is 0.200 e. The van der Waals surface area contributed by atoms with Crippen LogP contribution < -0.4 is 0 Å². The monoisotopic (exact) mass is 874 g/mol. The summed E-state index contributed by atoms with van der Waals surface area (Å²) in [5.74, 6) is 0.0611. The van der Waals surface area contributed by atoms with Gasteiger partial charge in [-0.1, -0.05) is 156 Å². The van der Waals surface area contributed by atoms with Gasteiger partial charge in [0.2, 0.25) is 0 Å². The summed E-state index contributed by atoms with van der Waals surface area (Å²) in [6.45, 7) is 34.9. The second-order valence-corrected chi connectivity index (χ2v) is 34.6. The number of nitrogens with zero attached hydrogens (tertiary/aromatic N) is 2. The Kier molecular flexibility index (Phi) is 12.2. The Labute approximate surface area is 371 Å². The van der Waals surface area contributed by atoms with Crippen molar-refractivity contribution < 1.29 is 8.85 Å². The minimum absolute atomic E-state index is 0.0135. The lowest BCUT2D eigenvalue weighted by atomic mass is 9.59. The van der Waals surface area contributed by atoms with Crippen molar-refractivity contribution in [1.29, 1.82) is 0 Å². The molecule has 1 aliphatic carbocycles. The average molecular weight is 875 g/mol. The van der Waals surface area contributed by atoms with Gasteiger partial charge in [0.1, 0.15) is 0 Å². The number of para-hydroxylation sites is 2. The Morgan fingerprint density at radius 3 is 1.28 bits per heavy atom. The molecular formula is C52H70N2O2S2Si2. The number of rotatable bonds is 13. The van der Waals surface area contributed by atoms with E-state index in [4.69, 9.17) is 18.8 Å². The van der Waals surface area contributed by atoms with E-state index < -0.39 is 22.0 Å². The standard InChI is InChI=1S/C52H70N2O2S2Si2/c1-48(2,3)59(13,49(4,5)6)55-34-23-28-40(46-53-42-29-19-21-31-44(42)57-46)52(38-26-17-15-24-36(38)37-25-16-18-27-39(37)52)41(47-54-43-30-20-22-32-45(43)58-47)33-35-56-60(14,50(7,8)9)51(10,11)12/h15-22,24-27,29-32,40-41H,23,28,33-35H2,1-14H3. The molecule has 320 valence electrons. The van der Waals surface area contributed by atoms with Crippen molar-refractivity contribution in [3.63, 3.8) is 0 Å². The van der Waals surface area contributed by atoms with Crippen molar-refractivity contribution in [3.8, 4) is 11.1 Å². The van der Waals surface area contributed by atoms with Crippen LogP contribution in [0, 0.1) is 0 Å². The number of thiazole rings is 2. The van der Waals surface area contributed by atoms with Crippen LogP contribution in [0.2, 0.25) is 33.2 Å². The summed E-state index contributed by atoms with van der Waals surface area (Å²) in [6.07, 6.45) is 2.71. The van der Waals surface area contributed by atoms with Gasteiger partial charge >= 0.3 is 0 Å². The molecule has 4 aromatic carbocycles. The van der Waals surface area contributed by atoms with Crippen molar-refractivity contribution in [1.82, 2.24) is 9.97 Å². The minimum Gasteiger partial charge on any atom is -0.416 e. The summed E-state index contributed by atoms with van der Waals surface area (Å²) in [7, 11) is -4.48. The van der Waals surface area contributed by atoms with Gasteiger partial charge in [0.25, 0.3) is 0 Å². The molecule has 4 nitrogen and oxygen atoms in total. The van der Waals surface area contributed by atoms with Crippen molar-refractivity contribution in [2.75, 3.05) is 13.2 Å². The van der Waals surface area contributed by atoms with Crippen molar-refractivity contribution >= 4 is 59.7 Å². The molecule has 1 aliphatic rings. The predicted molar refractivity (Wildman–Crippen MR) is 265 cm³/mol. The van der Waals surface area contributed by atoms with Crippen LogP contribution in [0.5, 0.6) is 0 Å². The van der Waals surface area contributed by atoms with Crippen LogP contribution in [0.4, 0.5) is 0 Å². The summed E-state index contributed by atoms with van der Waals surface area (Å²) in [4.78, 5) is 11.2. The lowest BCUT2D eigenvalue weighted by Crippen LogP contribution is -2.52. The average Bonchev–Trinajstić information content (AvgIpc) is 3.88. The Balaban J connectivity index is 1.46. The van der Waals surface area contributed by atoms with Gasteiger partial charge in [0, 0.05) is 30.5 Å². The van der Waals surface area contributed by atoms with Crippen LogP contribution in [0.3, 0.4) is 0 Å². The molecule has 0 fully saturated rings. The molecule has 8 heteroatoms. The Hall–Kier alpha value is -2.99. The van der Waals surface area contributed by atoms with Gasteiger partial charge in [-0.05, 0) is 99.0 Å². The van der Waals surface area contributed by atoms with Crippen molar-refractivity contribution in [2.45, 2.75) is 153 Å². The first-order valence-corrected chi connectivity index (χ1v) is 28.7. The van der Waals surface area contributed by atoms with Crippen molar-refractivity contribution in [2.24, 2.45) is 0 Å². The van der Waals surface area contributed by atoms with E-state index in [1.807, 2.05) is 22.7 Å². The zero-order valence-electron chi connectivity index (χ0n) is 39.0. The van der Waals surface area contributed by atoms with Crippen LogP contribution in [0.15, 0.2) is 97.1 Å². The van der Waals surface area contributed by atoms with Crippen LogP contribution in [-0.2, 0) is 14.3 Å². The highest BCUT2D eigenvalue weighted by Gasteiger charge is 2.57. The summed E-state index contributed by atoms with van der Waals surface area (Å²) in [5, 5.41) is 2.69. The summed E-state index contributed by atoms with van der Waals surface area (Å²) < 4.78 is 17.2. The quantitative estimate of drug-likeness (QED) is 0.0856. The number of hydrogen-bond donors (Lipinski definition) is 0. The third-order valence-corrected chi connectivity index (χ3v) is 30.2. The number of benzene rings is 4. The summed E-state index contributed by atoms with van der Waals surface area (Å²) in [5.41, 5.74) is 7.09. The van der Waals surface area contributed by atoms with Gasteiger partial charge < -0.3 is 8.85 Å². The van der Waals surface area contributed by atoms with Crippen LogP contribution >= 0.6 is 22.7 Å². The lowest BCUT2D eigenvalue weighted by Gasteiger charge is -2.49. The Morgan fingerprint density at radius 2 is 0.867 bits per heavy atom. The molecule has 2 heterocycles. The third kappa shape index (κ3) is 7.74. The van der Waals surface area contributed by atoms with Gasteiger partial charge in [-0.3, -0.25) is 0 Å². The second-order valence-electron chi connectivity index (χ2n) is 21.8. The molecule has 2 unspecified atom stereocenters. The minimum atomic E-state index is -2.29. The van der Waals surface area contributed by atoms with E-state index in [9.17, 15) is 0 Å². The maximum Gasteiger partial charge on any atom is 0.200 e. The zero-order chi connectivity index (χ0) is 43.5. The van der Waals surface area contributed by atoms with Gasteiger partial charge in [0.15, 0.2) is 16.6 Å². The number of fused-ring (bicyclic) bond motifs is 5. The van der Waals surface area contributed by atoms with Gasteiger partial charge in [-0.15, -0.1) is 22.7 Å². The largest absolute Gasteiger partial charge is 0.416 e. The molecule has 0 radical (unpaired) electrons. The first-order valence-electron chi connectivity index (χ1n) is 22.2. The fraction of sp³-hybridized carbons (Fsp3) is 0.500. The van der Waals surface area contributed by atoms with E-state index >= 15 is 0 Å². The molecule has 0 amide bonds. The summed E-state index contributed by atoms with van der Waals surface area (Å²) >= 11 is 3.75. The molecule has 0 bridgehead atoms. The Bertz CT molecular complexity index is 2300. The van der Waals surface area contributed by atoms with Crippen LogP contribution in [0.1, 0.15) is 135 Å². The number of aromatic nitrogens is 2. The van der Waals surface area contributed by atoms with Gasteiger partial charge in [0.05, 0.1) is 30.4 Å². The topological polar surface area (TPSA) is 44.2 Å². The normalized spacial score (nSPS) is 16.0. The van der Waals surface area contributed by atoms with Gasteiger partial charge in [-0.25, -0.2) is 9.97 Å². The fourth-order valence-corrected chi connectivity index (χ4v) is 20.2. The van der Waals surface area contributed by atoms with E-state index in [2.05, 4.69) is 193 Å². The molecular weight excluding hydrogens is 805 g/mol. The van der Waals surface area contributed by atoms with E-state index in [1.165, 1.54) is 41.7 Å². The highest BCUT2D eigenvalue weighted by Crippen LogP contribution is 2.65. The lowest BCUT2D eigenvalue weighted by molar-refractivity contribution is 0.211. The van der Waals surface area contributed by atoms with Crippen LogP contribution in [0.25, 0.3) is 31.6 Å². The molecule has 0 aliphatic heterocycles. The molecule has 0 saturated carbocycles. The molecule has 60 heavy (non-hydrogen) atoms. The van der Waals surface area contributed by atoms with E-state index in [-0.39, 0.29) is 32.0 Å². The highest BCUT2D eigenvalue weighted by molar-refractivity contribution is 7.19. The zero-order valence-corrected chi connectivity index (χ0v) is 42.6. The Morgan fingerprint density at radius 1 is 0.500 bits per heavy atom. The molecule has 2 atom stereocenters. The highest BCUT2D eigenvalue weighted by atomic mass is 32.1. The molecule has 2 aromatic heterocycles. The molecule has 0 N–H and O–H groups in total. The maximum atomic E-state index is 7.49. The third-order valence-electron chi connectivity index (χ3n) is 14.9. The summed E-state index contributed by atoms with van der Waals surface area (Å²) in [6, 6.07) is 35.9. The molecule has 0 spiro atoms. The van der Waals surface area contributed by atoms with E-state index in [0.29, 0.717) is 6.61 Å². The molecule has 6 aromatic rings. The van der Waals surface area contributed by atoms with Crippen molar-refractivity contribution in [3.05, 3.63) is 118 Å². The number of hydrogen-bond acceptors (Lipinski definition) is 6. The molecule has 7 rings (SSSR count).